The van der Waals surface area contributed by atoms with Crippen molar-refractivity contribution in [1.82, 2.24) is 0 Å². The fourth-order valence-corrected chi connectivity index (χ4v) is 3.27. The van der Waals surface area contributed by atoms with E-state index in [0.29, 0.717) is 0 Å². The van der Waals surface area contributed by atoms with Gasteiger partial charge >= 0.3 is 0 Å². The van der Waals surface area contributed by atoms with Gasteiger partial charge in [-0.3, -0.25) is 0 Å². The molecule has 3 heteroatoms. The van der Waals surface area contributed by atoms with Crippen molar-refractivity contribution in [2.45, 2.75) is 25.4 Å². The Hall–Kier alpha value is -0.640. The van der Waals surface area contributed by atoms with E-state index in [-0.39, 0.29) is 0 Å². The monoisotopic (exact) mass is 310 g/mol. The predicted molar refractivity (Wildman–Crippen MR) is 76.4 cm³/mol. The van der Waals surface area contributed by atoms with Gasteiger partial charge in [-0.25, -0.2) is 0 Å². The summed E-state index contributed by atoms with van der Waals surface area (Å²) < 4.78 is 0.968. The topological polar surface area (TPSA) is 20.2 Å². The SMILES string of the molecule is CC(O)(CCc1ccsc1)c1ccccc1Br. The lowest BCUT2D eigenvalue weighted by Gasteiger charge is -2.25. The molecule has 0 radical (unpaired) electrons. The fraction of sp³-hybridized carbons (Fsp3) is 0.286. The Kier molecular flexibility index (Phi) is 4.02. The van der Waals surface area contributed by atoms with Crippen molar-refractivity contribution in [3.05, 3.63) is 56.7 Å². The molecule has 2 aromatic rings. The predicted octanol–water partition coefficient (Wildman–Crippen LogP) is 4.35. The lowest BCUT2D eigenvalue weighted by Crippen LogP contribution is -2.22. The minimum atomic E-state index is -0.790. The molecule has 1 heterocycles. The average molecular weight is 311 g/mol. The van der Waals surface area contributed by atoms with E-state index < -0.39 is 5.60 Å². The lowest BCUT2D eigenvalue weighted by atomic mass is 9.90. The second-order valence-corrected chi connectivity index (χ2v) is 6.02. The summed E-state index contributed by atoms with van der Waals surface area (Å²) in [4.78, 5) is 0. The molecule has 0 aliphatic carbocycles. The van der Waals surface area contributed by atoms with E-state index in [1.54, 1.807) is 11.3 Å². The zero-order valence-corrected chi connectivity index (χ0v) is 12.1. The van der Waals surface area contributed by atoms with Crippen LogP contribution in [0.4, 0.5) is 0 Å². The molecule has 0 saturated carbocycles. The highest BCUT2D eigenvalue weighted by molar-refractivity contribution is 9.10. The van der Waals surface area contributed by atoms with Gasteiger partial charge in [-0.05, 0) is 53.8 Å². The van der Waals surface area contributed by atoms with Gasteiger partial charge in [0.15, 0.2) is 0 Å². The van der Waals surface area contributed by atoms with Gasteiger partial charge in [0.1, 0.15) is 0 Å². The first-order chi connectivity index (χ1) is 8.09. The van der Waals surface area contributed by atoms with Crippen LogP contribution in [0.15, 0.2) is 45.6 Å². The van der Waals surface area contributed by atoms with Gasteiger partial charge in [0, 0.05) is 4.47 Å². The van der Waals surface area contributed by atoms with Gasteiger partial charge in [-0.1, -0.05) is 34.1 Å². The smallest absolute Gasteiger partial charge is 0.0882 e. The van der Waals surface area contributed by atoms with Gasteiger partial charge in [-0.15, -0.1) is 0 Å². The Morgan fingerprint density at radius 3 is 2.71 bits per heavy atom. The summed E-state index contributed by atoms with van der Waals surface area (Å²) in [6.07, 6.45) is 1.63. The first-order valence-corrected chi connectivity index (χ1v) is 7.31. The number of rotatable bonds is 4. The van der Waals surface area contributed by atoms with Crippen molar-refractivity contribution in [2.75, 3.05) is 0 Å². The highest BCUT2D eigenvalue weighted by Crippen LogP contribution is 2.31. The molecule has 1 atom stereocenters. The number of aliphatic hydroxyl groups is 1. The first kappa shape index (κ1) is 12.8. The van der Waals surface area contributed by atoms with E-state index in [1.807, 2.05) is 31.2 Å². The molecular weight excluding hydrogens is 296 g/mol. The maximum absolute atomic E-state index is 10.5. The minimum absolute atomic E-state index is 0.729. The third-order valence-corrected chi connectivity index (χ3v) is 4.36. The highest BCUT2D eigenvalue weighted by Gasteiger charge is 2.24. The molecule has 1 N–H and O–H groups in total. The second kappa shape index (κ2) is 5.34. The summed E-state index contributed by atoms with van der Waals surface area (Å²) in [6.45, 7) is 1.87. The quantitative estimate of drug-likeness (QED) is 0.890. The molecule has 90 valence electrons. The second-order valence-electron chi connectivity index (χ2n) is 4.39. The Balaban J connectivity index is 2.11. The Labute approximate surface area is 114 Å². The van der Waals surface area contributed by atoms with Gasteiger partial charge in [0.25, 0.3) is 0 Å². The molecule has 17 heavy (non-hydrogen) atoms. The molecule has 1 unspecified atom stereocenters. The number of benzene rings is 1. The maximum Gasteiger partial charge on any atom is 0.0882 e. The maximum atomic E-state index is 10.5. The molecule has 1 aromatic carbocycles. The molecule has 0 aliphatic heterocycles. The van der Waals surface area contributed by atoms with Gasteiger partial charge in [0.2, 0.25) is 0 Å². The number of aryl methyl sites for hydroxylation is 1. The number of halogens is 1. The summed E-state index contributed by atoms with van der Waals surface area (Å²) in [5.41, 5.74) is 1.46. The van der Waals surface area contributed by atoms with Crippen LogP contribution >= 0.6 is 27.3 Å². The standard InChI is InChI=1S/C14H15BrOS/c1-14(16,8-6-11-7-9-17-10-11)12-4-2-3-5-13(12)15/h2-5,7,9-10,16H,6,8H2,1H3. The van der Waals surface area contributed by atoms with Crippen molar-refractivity contribution >= 4 is 27.3 Å². The van der Waals surface area contributed by atoms with E-state index >= 15 is 0 Å². The Morgan fingerprint density at radius 1 is 1.29 bits per heavy atom. The molecule has 1 nitrogen and oxygen atoms in total. The van der Waals surface area contributed by atoms with Gasteiger partial charge in [-0.2, -0.15) is 11.3 Å². The molecule has 0 aliphatic rings. The molecule has 0 amide bonds. The summed E-state index contributed by atoms with van der Waals surface area (Å²) in [5, 5.41) is 14.7. The molecule has 0 fully saturated rings. The third-order valence-electron chi connectivity index (χ3n) is 2.93. The van der Waals surface area contributed by atoms with Crippen molar-refractivity contribution in [3.8, 4) is 0 Å². The van der Waals surface area contributed by atoms with E-state index in [1.165, 1.54) is 5.56 Å². The van der Waals surface area contributed by atoms with Crippen LogP contribution in [0, 0.1) is 0 Å². The molecular formula is C14H15BrOS. The molecule has 0 spiro atoms. The largest absolute Gasteiger partial charge is 0.385 e. The summed E-state index contributed by atoms with van der Waals surface area (Å²) in [7, 11) is 0. The van der Waals surface area contributed by atoms with Crippen LogP contribution in [-0.4, -0.2) is 5.11 Å². The summed E-state index contributed by atoms with van der Waals surface area (Å²) in [5.74, 6) is 0. The van der Waals surface area contributed by atoms with Gasteiger partial charge in [0.05, 0.1) is 5.60 Å². The number of hydrogen-bond donors (Lipinski definition) is 1. The Morgan fingerprint density at radius 2 is 2.06 bits per heavy atom. The van der Waals surface area contributed by atoms with Crippen molar-refractivity contribution in [1.29, 1.82) is 0 Å². The van der Waals surface area contributed by atoms with Crippen LogP contribution in [0.3, 0.4) is 0 Å². The van der Waals surface area contributed by atoms with E-state index in [9.17, 15) is 5.11 Å². The van der Waals surface area contributed by atoms with E-state index in [4.69, 9.17) is 0 Å². The fourth-order valence-electron chi connectivity index (χ4n) is 1.86. The van der Waals surface area contributed by atoms with E-state index in [2.05, 4.69) is 32.8 Å². The molecule has 0 saturated heterocycles. The zero-order valence-electron chi connectivity index (χ0n) is 9.69. The molecule has 2 rings (SSSR count). The molecule has 0 bridgehead atoms. The van der Waals surface area contributed by atoms with Crippen molar-refractivity contribution in [3.63, 3.8) is 0 Å². The van der Waals surface area contributed by atoms with Crippen LogP contribution in [0.5, 0.6) is 0 Å². The van der Waals surface area contributed by atoms with Crippen LogP contribution in [0.1, 0.15) is 24.5 Å². The zero-order chi connectivity index (χ0) is 12.3. The van der Waals surface area contributed by atoms with Crippen LogP contribution in [0.25, 0.3) is 0 Å². The normalized spacial score (nSPS) is 14.5. The van der Waals surface area contributed by atoms with E-state index in [0.717, 1.165) is 22.9 Å². The lowest BCUT2D eigenvalue weighted by molar-refractivity contribution is 0.0473. The highest BCUT2D eigenvalue weighted by atomic mass is 79.9. The van der Waals surface area contributed by atoms with Crippen LogP contribution in [-0.2, 0) is 12.0 Å². The number of hydrogen-bond acceptors (Lipinski definition) is 2. The average Bonchev–Trinajstić information content (AvgIpc) is 2.80. The Bertz CT molecular complexity index is 477. The van der Waals surface area contributed by atoms with Crippen molar-refractivity contribution < 1.29 is 5.11 Å². The van der Waals surface area contributed by atoms with Crippen LogP contribution < -0.4 is 0 Å². The molecule has 1 aromatic heterocycles. The van der Waals surface area contributed by atoms with Crippen LogP contribution in [0.2, 0.25) is 0 Å². The third kappa shape index (κ3) is 3.18. The summed E-state index contributed by atoms with van der Waals surface area (Å²) in [6, 6.07) is 9.97. The van der Waals surface area contributed by atoms with Crippen molar-refractivity contribution in [2.24, 2.45) is 0 Å². The first-order valence-electron chi connectivity index (χ1n) is 5.58. The minimum Gasteiger partial charge on any atom is -0.385 e. The van der Waals surface area contributed by atoms with Gasteiger partial charge < -0.3 is 5.11 Å². The summed E-state index contributed by atoms with van der Waals surface area (Å²) >= 11 is 5.19. The number of thiophene rings is 1.